The Morgan fingerprint density at radius 1 is 1.24 bits per heavy atom. The number of rotatable bonds is 6. The maximum atomic E-state index is 11.6. The quantitative estimate of drug-likeness (QED) is 0.788. The molecule has 0 spiro atoms. The lowest BCUT2D eigenvalue weighted by Crippen LogP contribution is -2.42. The van der Waals surface area contributed by atoms with Crippen molar-refractivity contribution in [2.75, 3.05) is 38.2 Å². The fraction of sp³-hybridized carbons (Fsp3) is 1.00. The number of nitrogens with zero attached hydrogens (tertiary/aromatic N) is 1. The van der Waals surface area contributed by atoms with E-state index in [1.54, 1.807) is 0 Å². The van der Waals surface area contributed by atoms with Crippen LogP contribution < -0.4 is 5.32 Å². The second-order valence-corrected chi connectivity index (χ2v) is 6.86. The molecule has 0 bridgehead atoms. The molecular weight excluding hydrogens is 260 g/mol. The second kappa shape index (κ2) is 8.29. The number of halogens is 1. The highest BCUT2D eigenvalue weighted by molar-refractivity contribution is 7.91. The van der Waals surface area contributed by atoms with Crippen molar-refractivity contribution in [1.82, 2.24) is 10.2 Å². The molecule has 0 atom stereocenters. The van der Waals surface area contributed by atoms with Gasteiger partial charge in [-0.3, -0.25) is 0 Å². The van der Waals surface area contributed by atoms with Crippen molar-refractivity contribution in [2.45, 2.75) is 32.2 Å². The Labute approximate surface area is 111 Å². The Hall–Kier alpha value is 0.160. The lowest BCUT2D eigenvalue weighted by atomic mass is 10.1. The molecule has 1 heterocycles. The number of sulfone groups is 1. The van der Waals surface area contributed by atoms with Crippen LogP contribution >= 0.6 is 12.4 Å². The van der Waals surface area contributed by atoms with Crippen LogP contribution in [0.4, 0.5) is 0 Å². The number of nitrogens with one attached hydrogen (secondary N) is 1. The van der Waals surface area contributed by atoms with Crippen LogP contribution in [-0.4, -0.2) is 57.5 Å². The maximum absolute atomic E-state index is 11.6. The van der Waals surface area contributed by atoms with Gasteiger partial charge in [-0.05, 0) is 39.4 Å². The van der Waals surface area contributed by atoms with Crippen LogP contribution in [0.25, 0.3) is 0 Å². The van der Waals surface area contributed by atoms with Crippen LogP contribution in [0.5, 0.6) is 0 Å². The first-order valence-electron chi connectivity index (χ1n) is 6.17. The molecule has 104 valence electrons. The van der Waals surface area contributed by atoms with E-state index in [1.165, 1.54) is 0 Å². The molecule has 0 radical (unpaired) electrons. The monoisotopic (exact) mass is 284 g/mol. The summed E-state index contributed by atoms with van der Waals surface area (Å²) >= 11 is 0. The number of hydrogen-bond donors (Lipinski definition) is 1. The first-order valence-corrected chi connectivity index (χ1v) is 7.99. The van der Waals surface area contributed by atoms with Gasteiger partial charge in [-0.1, -0.05) is 6.92 Å². The first kappa shape index (κ1) is 17.2. The van der Waals surface area contributed by atoms with E-state index < -0.39 is 9.84 Å². The van der Waals surface area contributed by atoms with E-state index in [1.807, 2.05) is 14.0 Å². The smallest absolute Gasteiger partial charge is 0.151 e. The molecule has 1 fully saturated rings. The molecule has 0 aromatic carbocycles. The Balaban J connectivity index is 0.00000256. The maximum Gasteiger partial charge on any atom is 0.151 e. The molecule has 1 aliphatic heterocycles. The van der Waals surface area contributed by atoms with E-state index in [-0.39, 0.29) is 12.4 Å². The lowest BCUT2D eigenvalue weighted by molar-refractivity contribution is 0.211. The molecule has 0 aliphatic carbocycles. The zero-order chi connectivity index (χ0) is 12.0. The van der Waals surface area contributed by atoms with Crippen LogP contribution in [0, 0.1) is 0 Å². The summed E-state index contributed by atoms with van der Waals surface area (Å²) < 4.78 is 23.1. The molecule has 0 unspecified atom stereocenters. The summed E-state index contributed by atoms with van der Waals surface area (Å²) in [5, 5.41) is 3.27. The third-order valence-corrected chi connectivity index (χ3v) is 5.06. The van der Waals surface area contributed by atoms with Crippen LogP contribution in [0.2, 0.25) is 0 Å². The zero-order valence-electron chi connectivity index (χ0n) is 10.8. The molecule has 1 rings (SSSR count). The number of hydrogen-bond acceptors (Lipinski definition) is 4. The van der Waals surface area contributed by atoms with Gasteiger partial charge in [0.2, 0.25) is 0 Å². The Kier molecular flexibility index (Phi) is 8.37. The molecule has 0 aromatic heterocycles. The summed E-state index contributed by atoms with van der Waals surface area (Å²) in [6, 6.07) is 0.614. The molecular formula is C11H25ClN2O2S. The Bertz CT molecular complexity index is 288. The van der Waals surface area contributed by atoms with Crippen LogP contribution in [0.1, 0.15) is 26.2 Å². The highest BCUT2D eigenvalue weighted by Gasteiger charge is 2.19. The van der Waals surface area contributed by atoms with E-state index in [2.05, 4.69) is 10.2 Å². The van der Waals surface area contributed by atoms with Gasteiger partial charge in [-0.25, -0.2) is 8.42 Å². The number of likely N-dealkylation sites (tertiary alicyclic amines) is 1. The van der Waals surface area contributed by atoms with Crippen LogP contribution in [-0.2, 0) is 9.84 Å². The van der Waals surface area contributed by atoms with E-state index in [0.29, 0.717) is 24.1 Å². The molecule has 1 saturated heterocycles. The third-order valence-electron chi connectivity index (χ3n) is 3.23. The summed E-state index contributed by atoms with van der Waals surface area (Å²) in [6.07, 6.45) is 2.98. The van der Waals surface area contributed by atoms with E-state index in [9.17, 15) is 8.42 Å². The van der Waals surface area contributed by atoms with Gasteiger partial charge in [-0.2, -0.15) is 0 Å². The molecule has 1 aliphatic rings. The largest absolute Gasteiger partial charge is 0.317 e. The van der Waals surface area contributed by atoms with Gasteiger partial charge >= 0.3 is 0 Å². The molecule has 17 heavy (non-hydrogen) atoms. The zero-order valence-corrected chi connectivity index (χ0v) is 12.4. The van der Waals surface area contributed by atoms with E-state index in [0.717, 1.165) is 32.4 Å². The Morgan fingerprint density at radius 3 is 2.29 bits per heavy atom. The fourth-order valence-corrected chi connectivity index (χ4v) is 3.49. The SMILES string of the molecule is CCCS(=O)(=O)CCN1CCC(NC)CC1.Cl. The molecule has 0 aromatic rings. The summed E-state index contributed by atoms with van der Waals surface area (Å²) in [4.78, 5) is 2.26. The minimum absolute atomic E-state index is 0. The highest BCUT2D eigenvalue weighted by Crippen LogP contribution is 2.09. The average molecular weight is 285 g/mol. The van der Waals surface area contributed by atoms with Crippen molar-refractivity contribution in [3.8, 4) is 0 Å². The van der Waals surface area contributed by atoms with Gasteiger partial charge in [0, 0.05) is 18.3 Å². The van der Waals surface area contributed by atoms with Crippen LogP contribution in [0.15, 0.2) is 0 Å². The van der Waals surface area contributed by atoms with Gasteiger partial charge in [0.1, 0.15) is 0 Å². The third kappa shape index (κ3) is 6.60. The van der Waals surface area contributed by atoms with E-state index in [4.69, 9.17) is 0 Å². The molecule has 0 amide bonds. The van der Waals surface area contributed by atoms with Gasteiger partial charge < -0.3 is 10.2 Å². The van der Waals surface area contributed by atoms with Crippen molar-refractivity contribution in [1.29, 1.82) is 0 Å². The molecule has 4 nitrogen and oxygen atoms in total. The second-order valence-electron chi connectivity index (χ2n) is 4.56. The Morgan fingerprint density at radius 2 is 1.82 bits per heavy atom. The topological polar surface area (TPSA) is 49.4 Å². The molecule has 0 saturated carbocycles. The lowest BCUT2D eigenvalue weighted by Gasteiger charge is -2.31. The predicted octanol–water partition coefficient (Wildman–Crippen LogP) is 0.917. The minimum Gasteiger partial charge on any atom is -0.317 e. The van der Waals surface area contributed by atoms with Crippen molar-refractivity contribution >= 4 is 22.2 Å². The van der Waals surface area contributed by atoms with Crippen LogP contribution in [0.3, 0.4) is 0 Å². The summed E-state index contributed by atoms with van der Waals surface area (Å²) in [5.41, 5.74) is 0. The van der Waals surface area contributed by atoms with Gasteiger partial charge in [0.25, 0.3) is 0 Å². The van der Waals surface area contributed by atoms with Crippen molar-refractivity contribution in [3.63, 3.8) is 0 Å². The summed E-state index contributed by atoms with van der Waals surface area (Å²) in [6.45, 7) is 4.66. The van der Waals surface area contributed by atoms with Crippen molar-refractivity contribution in [2.24, 2.45) is 0 Å². The molecule has 6 heteroatoms. The van der Waals surface area contributed by atoms with E-state index >= 15 is 0 Å². The normalized spacial score (nSPS) is 18.9. The predicted molar refractivity (Wildman–Crippen MR) is 74.7 cm³/mol. The standard InChI is InChI=1S/C11H24N2O2S.ClH/c1-3-9-16(14,15)10-8-13-6-4-11(12-2)5-7-13;/h11-12H,3-10H2,1-2H3;1H. The highest BCUT2D eigenvalue weighted by atomic mass is 35.5. The summed E-state index contributed by atoms with van der Waals surface area (Å²) in [5.74, 6) is 0.658. The van der Waals surface area contributed by atoms with Crippen molar-refractivity contribution < 1.29 is 8.42 Å². The average Bonchev–Trinajstić information content (AvgIpc) is 2.27. The van der Waals surface area contributed by atoms with Crippen molar-refractivity contribution in [3.05, 3.63) is 0 Å². The number of piperidine rings is 1. The summed E-state index contributed by atoms with van der Waals surface area (Å²) in [7, 11) is -0.815. The minimum atomic E-state index is -2.81. The fourth-order valence-electron chi connectivity index (χ4n) is 2.13. The van der Waals surface area contributed by atoms with Gasteiger partial charge in [0.05, 0.1) is 5.75 Å². The first-order chi connectivity index (χ1) is 7.57. The van der Waals surface area contributed by atoms with Gasteiger partial charge in [-0.15, -0.1) is 12.4 Å². The van der Waals surface area contributed by atoms with Gasteiger partial charge in [0.15, 0.2) is 9.84 Å². The molecule has 1 N–H and O–H groups in total.